The Hall–Kier alpha value is -2.47. The minimum Gasteiger partial charge on any atom is -0.330 e. The molecule has 0 bridgehead atoms. The SMILES string of the molecule is Cc1nc(/C=C/C(=O)N(C)[C@@H]2CCN(c3ccccc3)C2=O)cs1. The maximum Gasteiger partial charge on any atom is 0.249 e. The molecule has 0 saturated carbocycles. The monoisotopic (exact) mass is 341 g/mol. The van der Waals surface area contributed by atoms with Gasteiger partial charge in [0.05, 0.1) is 10.7 Å². The van der Waals surface area contributed by atoms with Crippen molar-refractivity contribution in [2.24, 2.45) is 0 Å². The van der Waals surface area contributed by atoms with Crippen LogP contribution in [0.15, 0.2) is 41.8 Å². The molecule has 0 unspecified atom stereocenters. The molecule has 24 heavy (non-hydrogen) atoms. The Morgan fingerprint density at radius 2 is 2.12 bits per heavy atom. The van der Waals surface area contributed by atoms with E-state index in [9.17, 15) is 9.59 Å². The topological polar surface area (TPSA) is 53.5 Å². The van der Waals surface area contributed by atoms with Gasteiger partial charge in [0, 0.05) is 30.7 Å². The number of hydrogen-bond donors (Lipinski definition) is 0. The molecule has 2 aromatic rings. The molecule has 1 aliphatic rings. The summed E-state index contributed by atoms with van der Waals surface area (Å²) in [5, 5.41) is 2.86. The van der Waals surface area contributed by atoms with Gasteiger partial charge in [0.2, 0.25) is 11.8 Å². The van der Waals surface area contributed by atoms with Crippen molar-refractivity contribution >= 4 is 34.9 Å². The van der Waals surface area contributed by atoms with E-state index >= 15 is 0 Å². The first-order valence-corrected chi connectivity index (χ1v) is 8.67. The molecule has 1 aromatic carbocycles. The summed E-state index contributed by atoms with van der Waals surface area (Å²) in [6.07, 6.45) is 3.81. The fraction of sp³-hybridized carbons (Fsp3) is 0.278. The van der Waals surface area contributed by atoms with E-state index in [-0.39, 0.29) is 11.8 Å². The second-order valence-corrected chi connectivity index (χ2v) is 6.77. The standard InChI is InChI=1S/C18H19N3O2S/c1-13-19-14(12-24-13)8-9-17(22)20(2)16-10-11-21(18(16)23)15-6-4-3-5-7-15/h3-9,12,16H,10-11H2,1-2H3/b9-8+/t16-/m1/s1. The molecule has 1 aliphatic heterocycles. The summed E-state index contributed by atoms with van der Waals surface area (Å²) in [4.78, 5) is 32.5. The number of aryl methyl sites for hydroxylation is 1. The fourth-order valence-electron chi connectivity index (χ4n) is 2.77. The first-order chi connectivity index (χ1) is 11.6. The number of benzene rings is 1. The van der Waals surface area contributed by atoms with Crippen molar-refractivity contribution in [2.45, 2.75) is 19.4 Å². The summed E-state index contributed by atoms with van der Waals surface area (Å²) in [5.74, 6) is -0.219. The third-order valence-corrected chi connectivity index (χ3v) is 4.89. The average Bonchev–Trinajstić information content (AvgIpc) is 3.18. The highest BCUT2D eigenvalue weighted by molar-refractivity contribution is 7.09. The van der Waals surface area contributed by atoms with Gasteiger partial charge in [-0.2, -0.15) is 0 Å². The highest BCUT2D eigenvalue weighted by Gasteiger charge is 2.36. The van der Waals surface area contributed by atoms with Crippen molar-refractivity contribution < 1.29 is 9.59 Å². The summed E-state index contributed by atoms with van der Waals surface area (Å²) in [5.41, 5.74) is 1.64. The van der Waals surface area contributed by atoms with Gasteiger partial charge in [0.1, 0.15) is 6.04 Å². The second-order valence-electron chi connectivity index (χ2n) is 5.70. The number of hydrogen-bond acceptors (Lipinski definition) is 4. The lowest BCUT2D eigenvalue weighted by Crippen LogP contribution is -2.42. The molecule has 0 aliphatic carbocycles. The van der Waals surface area contributed by atoms with Crippen molar-refractivity contribution in [2.75, 3.05) is 18.5 Å². The van der Waals surface area contributed by atoms with Crippen LogP contribution in [-0.4, -0.2) is 41.3 Å². The smallest absolute Gasteiger partial charge is 0.249 e. The summed E-state index contributed by atoms with van der Waals surface area (Å²) in [7, 11) is 1.68. The first kappa shape index (κ1) is 16.4. The molecule has 6 heteroatoms. The van der Waals surface area contributed by atoms with Crippen LogP contribution in [0.1, 0.15) is 17.1 Å². The Morgan fingerprint density at radius 3 is 2.79 bits per heavy atom. The Balaban J connectivity index is 1.67. The van der Waals surface area contributed by atoms with Crippen molar-refractivity contribution in [3.63, 3.8) is 0 Å². The highest BCUT2D eigenvalue weighted by atomic mass is 32.1. The van der Waals surface area contributed by atoms with Crippen LogP contribution in [0.3, 0.4) is 0 Å². The lowest BCUT2D eigenvalue weighted by atomic mass is 10.2. The molecule has 5 nitrogen and oxygen atoms in total. The summed E-state index contributed by atoms with van der Waals surface area (Å²) >= 11 is 1.54. The Bertz CT molecular complexity index is 770. The van der Waals surface area contributed by atoms with Crippen LogP contribution in [0, 0.1) is 6.92 Å². The van der Waals surface area contributed by atoms with Gasteiger partial charge in [0.25, 0.3) is 0 Å². The van der Waals surface area contributed by atoms with Crippen LogP contribution in [0.5, 0.6) is 0 Å². The van der Waals surface area contributed by atoms with Crippen LogP contribution in [0.4, 0.5) is 5.69 Å². The summed E-state index contributed by atoms with van der Waals surface area (Å²) in [6, 6.07) is 9.13. The Kier molecular flexibility index (Phi) is 4.76. The molecule has 1 fully saturated rings. The lowest BCUT2D eigenvalue weighted by Gasteiger charge is -2.23. The fourth-order valence-corrected chi connectivity index (χ4v) is 3.35. The maximum atomic E-state index is 12.6. The minimum absolute atomic E-state index is 0.0325. The van der Waals surface area contributed by atoms with Crippen molar-refractivity contribution in [1.82, 2.24) is 9.88 Å². The molecule has 1 saturated heterocycles. The molecule has 2 amide bonds. The molecule has 1 aromatic heterocycles. The third-order valence-electron chi connectivity index (χ3n) is 4.09. The van der Waals surface area contributed by atoms with Crippen molar-refractivity contribution in [3.05, 3.63) is 52.5 Å². The Morgan fingerprint density at radius 1 is 1.38 bits per heavy atom. The summed E-state index contributed by atoms with van der Waals surface area (Å²) in [6.45, 7) is 2.55. The highest BCUT2D eigenvalue weighted by Crippen LogP contribution is 2.23. The zero-order valence-corrected chi connectivity index (χ0v) is 14.5. The van der Waals surface area contributed by atoms with Crippen LogP contribution in [0.25, 0.3) is 6.08 Å². The number of anilines is 1. The van der Waals surface area contributed by atoms with Gasteiger partial charge in [-0.05, 0) is 31.6 Å². The Labute approximate surface area is 145 Å². The van der Waals surface area contributed by atoms with Gasteiger partial charge < -0.3 is 9.80 Å². The minimum atomic E-state index is -0.417. The van der Waals surface area contributed by atoms with E-state index in [1.807, 2.05) is 42.6 Å². The molecule has 0 N–H and O–H groups in total. The predicted molar refractivity (Wildman–Crippen MR) is 95.9 cm³/mol. The number of likely N-dealkylation sites (N-methyl/N-ethyl adjacent to an activating group) is 1. The van der Waals surface area contributed by atoms with Crippen LogP contribution in [-0.2, 0) is 9.59 Å². The predicted octanol–water partition coefficient (Wildman–Crippen LogP) is 2.73. The molecule has 3 rings (SSSR count). The molecule has 124 valence electrons. The number of carbonyl (C=O) groups is 2. The van der Waals surface area contributed by atoms with Crippen LogP contribution < -0.4 is 4.90 Å². The molecule has 2 heterocycles. The van der Waals surface area contributed by atoms with Gasteiger partial charge >= 0.3 is 0 Å². The quantitative estimate of drug-likeness (QED) is 0.804. The molecular weight excluding hydrogens is 322 g/mol. The van der Waals surface area contributed by atoms with E-state index in [1.54, 1.807) is 29.4 Å². The van der Waals surface area contributed by atoms with Crippen molar-refractivity contribution in [3.8, 4) is 0 Å². The number of carbonyl (C=O) groups excluding carboxylic acids is 2. The number of rotatable bonds is 4. The number of nitrogens with zero attached hydrogens (tertiary/aromatic N) is 3. The number of aromatic nitrogens is 1. The molecule has 0 spiro atoms. The van der Waals surface area contributed by atoms with Gasteiger partial charge in [-0.25, -0.2) is 4.98 Å². The van der Waals surface area contributed by atoms with Crippen LogP contribution >= 0.6 is 11.3 Å². The van der Waals surface area contributed by atoms with E-state index in [1.165, 1.54) is 11.0 Å². The first-order valence-electron chi connectivity index (χ1n) is 7.79. The van der Waals surface area contributed by atoms with E-state index < -0.39 is 6.04 Å². The largest absolute Gasteiger partial charge is 0.330 e. The van der Waals surface area contributed by atoms with Gasteiger partial charge in [-0.3, -0.25) is 9.59 Å². The molecular formula is C18H19N3O2S. The van der Waals surface area contributed by atoms with Gasteiger partial charge in [-0.1, -0.05) is 18.2 Å². The lowest BCUT2D eigenvalue weighted by molar-refractivity contribution is -0.132. The van der Waals surface area contributed by atoms with E-state index in [0.29, 0.717) is 13.0 Å². The molecule has 1 atom stereocenters. The number of para-hydroxylation sites is 1. The molecule has 0 radical (unpaired) electrons. The second kappa shape index (κ2) is 6.97. The third kappa shape index (κ3) is 3.38. The zero-order chi connectivity index (χ0) is 17.1. The number of thiazole rings is 1. The van der Waals surface area contributed by atoms with E-state index in [0.717, 1.165) is 16.4 Å². The summed E-state index contributed by atoms with van der Waals surface area (Å²) < 4.78 is 0. The normalized spacial score (nSPS) is 17.7. The van der Waals surface area contributed by atoms with Crippen LogP contribution in [0.2, 0.25) is 0 Å². The van der Waals surface area contributed by atoms with E-state index in [2.05, 4.69) is 4.98 Å². The van der Waals surface area contributed by atoms with E-state index in [4.69, 9.17) is 0 Å². The van der Waals surface area contributed by atoms with Gasteiger partial charge in [0.15, 0.2) is 0 Å². The maximum absolute atomic E-state index is 12.6. The van der Waals surface area contributed by atoms with Gasteiger partial charge in [-0.15, -0.1) is 11.3 Å². The van der Waals surface area contributed by atoms with Crippen molar-refractivity contribution in [1.29, 1.82) is 0 Å². The average molecular weight is 341 g/mol. The zero-order valence-electron chi connectivity index (χ0n) is 13.7. The number of amides is 2.